The minimum Gasteiger partial charge on any atom is -0.507 e. The van der Waals surface area contributed by atoms with Gasteiger partial charge in [-0.25, -0.2) is 0 Å². The van der Waals surface area contributed by atoms with Crippen LogP contribution in [-0.4, -0.2) is 23.2 Å². The maximum Gasteiger partial charge on any atom is 0.396 e. The van der Waals surface area contributed by atoms with Crippen molar-refractivity contribution in [1.29, 1.82) is 0 Å². The lowest BCUT2D eigenvalue weighted by atomic mass is 10.1. The molecule has 0 aromatic heterocycles. The molecule has 2 aromatic rings. The quantitative estimate of drug-likeness (QED) is 0.377. The Kier molecular flexibility index (Phi) is 3.92. The fourth-order valence-corrected chi connectivity index (χ4v) is 2.36. The highest BCUT2D eigenvalue weighted by molar-refractivity contribution is 7.84. The van der Waals surface area contributed by atoms with E-state index in [1.54, 1.807) is 36.4 Å². The molecule has 0 radical (unpaired) electrons. The number of phenolic OH excluding ortho intramolecular Hbond substituents is 2. The molecule has 0 unspecified atom stereocenters. The van der Waals surface area contributed by atoms with Crippen molar-refractivity contribution in [2.24, 2.45) is 9.63 Å². The lowest BCUT2D eigenvalue weighted by molar-refractivity contribution is 0.475. The van der Waals surface area contributed by atoms with E-state index in [-0.39, 0.29) is 11.4 Å². The minimum absolute atomic E-state index is 0.000671. The summed E-state index contributed by atoms with van der Waals surface area (Å²) in [6.07, 6.45) is 0. The number of hydrogen-bond acceptors (Lipinski definition) is 5. The molecule has 2 aliphatic carbocycles. The lowest BCUT2D eigenvalue weighted by Gasteiger charge is -2.02. The zero-order valence-corrected chi connectivity index (χ0v) is 13.0. The Morgan fingerprint density at radius 2 is 1.58 bits per heavy atom. The molecule has 0 heterocycles. The van der Waals surface area contributed by atoms with Gasteiger partial charge in [-0.15, -0.1) is 5.11 Å². The molecule has 2 aromatic carbocycles. The van der Waals surface area contributed by atoms with Crippen molar-refractivity contribution < 1.29 is 23.2 Å². The maximum absolute atomic E-state index is 10.5. The zero-order valence-electron chi connectivity index (χ0n) is 12.2. The Bertz CT molecular complexity index is 1060. The van der Waals surface area contributed by atoms with Crippen molar-refractivity contribution in [3.05, 3.63) is 54.6 Å². The van der Waals surface area contributed by atoms with Crippen molar-refractivity contribution in [2.45, 2.75) is 0 Å². The number of hydrogen-bond donors (Lipinski definition) is 3. The Hall–Kier alpha value is -2.97. The summed E-state index contributed by atoms with van der Waals surface area (Å²) in [5, 5.41) is 23.0. The summed E-state index contributed by atoms with van der Waals surface area (Å²) in [6.45, 7) is 0. The van der Waals surface area contributed by atoms with Crippen molar-refractivity contribution in [3.63, 3.8) is 0 Å². The predicted molar refractivity (Wildman–Crippen MR) is 88.8 cm³/mol. The van der Waals surface area contributed by atoms with Gasteiger partial charge in [0.1, 0.15) is 17.2 Å². The summed E-state index contributed by atoms with van der Waals surface area (Å²) < 4.78 is 32.1. The number of phenols is 2. The molecular formula is C16H12N2O5S. The van der Waals surface area contributed by atoms with Gasteiger partial charge < -0.3 is 10.2 Å². The molecular weight excluding hydrogens is 332 g/mol. The SMILES string of the molecule is O=S(=O)(O)N=Nc1c(O)ccc2ccccc12.Oc1ccc2cc1-2. The molecule has 0 fully saturated rings. The number of benzene rings is 3. The molecule has 24 heavy (non-hydrogen) atoms. The molecule has 8 heteroatoms. The first-order valence-electron chi connectivity index (χ1n) is 6.80. The highest BCUT2D eigenvalue weighted by atomic mass is 32.2. The van der Waals surface area contributed by atoms with Crippen LogP contribution in [-0.2, 0) is 10.3 Å². The van der Waals surface area contributed by atoms with Gasteiger partial charge in [-0.3, -0.25) is 4.55 Å². The predicted octanol–water partition coefficient (Wildman–Crippen LogP) is 3.80. The second kappa shape index (κ2) is 5.91. The molecule has 0 saturated carbocycles. The molecule has 0 saturated heterocycles. The Balaban J connectivity index is 0.000000198. The molecule has 0 amide bonds. The van der Waals surface area contributed by atoms with Gasteiger partial charge in [0.05, 0.1) is 0 Å². The van der Waals surface area contributed by atoms with Crippen LogP contribution in [0.2, 0.25) is 0 Å². The fourth-order valence-electron chi connectivity index (χ4n) is 2.18. The Morgan fingerprint density at radius 3 is 2.12 bits per heavy atom. The minimum atomic E-state index is -4.56. The van der Waals surface area contributed by atoms with Gasteiger partial charge >= 0.3 is 10.3 Å². The van der Waals surface area contributed by atoms with Crippen LogP contribution in [0.3, 0.4) is 0 Å². The third-order valence-corrected chi connectivity index (χ3v) is 3.64. The first-order chi connectivity index (χ1) is 11.3. The largest absolute Gasteiger partial charge is 0.507 e. The Morgan fingerprint density at radius 1 is 0.875 bits per heavy atom. The summed E-state index contributed by atoms with van der Waals surface area (Å²) in [7, 11) is -4.56. The summed E-state index contributed by atoms with van der Waals surface area (Å²) in [6, 6.07) is 15.6. The van der Waals surface area contributed by atoms with E-state index in [0.717, 1.165) is 10.9 Å². The summed E-state index contributed by atoms with van der Waals surface area (Å²) >= 11 is 0. The maximum atomic E-state index is 10.5. The van der Waals surface area contributed by atoms with Crippen LogP contribution in [0, 0.1) is 0 Å². The second-order valence-corrected chi connectivity index (χ2v) is 6.07. The number of aromatic hydroxyl groups is 2. The monoisotopic (exact) mass is 344 g/mol. The van der Waals surface area contributed by atoms with E-state index in [9.17, 15) is 13.5 Å². The molecule has 122 valence electrons. The zero-order chi connectivity index (χ0) is 17.3. The van der Waals surface area contributed by atoms with Crippen LogP contribution in [0.1, 0.15) is 0 Å². The molecule has 4 rings (SSSR count). The van der Waals surface area contributed by atoms with Crippen molar-refractivity contribution in [1.82, 2.24) is 0 Å². The number of fused-ring (bicyclic) bond motifs is 2. The van der Waals surface area contributed by atoms with Crippen LogP contribution in [0.5, 0.6) is 11.5 Å². The smallest absolute Gasteiger partial charge is 0.396 e. The first kappa shape index (κ1) is 15.9. The van der Waals surface area contributed by atoms with Crippen molar-refractivity contribution in [2.75, 3.05) is 0 Å². The first-order valence-corrected chi connectivity index (χ1v) is 8.19. The molecule has 7 nitrogen and oxygen atoms in total. The number of rotatable bonds is 2. The molecule has 0 spiro atoms. The summed E-state index contributed by atoms with van der Waals surface area (Å²) in [5.41, 5.74) is 2.22. The van der Waals surface area contributed by atoms with E-state index < -0.39 is 10.3 Å². The van der Waals surface area contributed by atoms with E-state index >= 15 is 0 Å². The van der Waals surface area contributed by atoms with Gasteiger partial charge in [-0.05, 0) is 33.7 Å². The van der Waals surface area contributed by atoms with Crippen LogP contribution < -0.4 is 0 Å². The third kappa shape index (κ3) is 3.50. The van der Waals surface area contributed by atoms with Gasteiger partial charge in [0.15, 0.2) is 0 Å². The molecule has 2 aliphatic rings. The Labute approximate surface area is 137 Å². The van der Waals surface area contributed by atoms with Gasteiger partial charge in [-0.1, -0.05) is 36.4 Å². The molecule has 0 atom stereocenters. The van der Waals surface area contributed by atoms with E-state index in [2.05, 4.69) is 9.63 Å². The van der Waals surface area contributed by atoms with Crippen LogP contribution in [0.25, 0.3) is 21.9 Å². The lowest BCUT2D eigenvalue weighted by Crippen LogP contribution is -1.88. The average Bonchev–Trinajstić information content (AvgIpc) is 3.23. The summed E-state index contributed by atoms with van der Waals surface area (Å²) in [4.78, 5) is 0. The van der Waals surface area contributed by atoms with Gasteiger partial charge in [0.25, 0.3) is 0 Å². The molecule has 0 aliphatic heterocycles. The standard InChI is InChI=1S/C10H8N2O4S.C6H4O/c13-9-6-5-7-3-1-2-4-8(7)10(9)11-12-17(14,15)16;7-6-2-1-4-3-5(4)6/h1-6,13H,(H,14,15,16);1-3,7H. The van der Waals surface area contributed by atoms with Gasteiger partial charge in [0, 0.05) is 10.9 Å². The van der Waals surface area contributed by atoms with Crippen LogP contribution in [0.4, 0.5) is 5.69 Å². The van der Waals surface area contributed by atoms with Gasteiger partial charge in [0.2, 0.25) is 0 Å². The van der Waals surface area contributed by atoms with E-state index in [0.29, 0.717) is 11.1 Å². The van der Waals surface area contributed by atoms with Gasteiger partial charge in [-0.2, -0.15) is 8.42 Å². The van der Waals surface area contributed by atoms with Crippen molar-refractivity contribution >= 4 is 26.8 Å². The average molecular weight is 344 g/mol. The fraction of sp³-hybridized carbons (Fsp3) is 0. The normalized spacial score (nSPS) is 12.0. The second-order valence-electron chi connectivity index (χ2n) is 5.02. The third-order valence-electron chi connectivity index (χ3n) is 3.35. The molecule has 0 bridgehead atoms. The summed E-state index contributed by atoms with van der Waals surface area (Å²) in [5.74, 6) is 0.214. The molecule has 3 N–H and O–H groups in total. The van der Waals surface area contributed by atoms with Crippen LogP contribution >= 0.6 is 0 Å². The van der Waals surface area contributed by atoms with E-state index in [4.69, 9.17) is 9.66 Å². The van der Waals surface area contributed by atoms with E-state index in [1.807, 2.05) is 12.1 Å². The highest BCUT2D eigenvalue weighted by Crippen LogP contribution is 2.42. The topological polar surface area (TPSA) is 120 Å². The number of nitrogens with zero attached hydrogens (tertiary/aromatic N) is 2. The van der Waals surface area contributed by atoms with E-state index in [1.165, 1.54) is 11.6 Å². The van der Waals surface area contributed by atoms with Crippen LogP contribution in [0.15, 0.2) is 64.2 Å². The highest BCUT2D eigenvalue weighted by Gasteiger charge is 2.15. The van der Waals surface area contributed by atoms with Crippen molar-refractivity contribution in [3.8, 4) is 22.6 Å².